The number of nitrogens with zero attached hydrogens (tertiary/aromatic N) is 1. The van der Waals surface area contributed by atoms with E-state index in [1.165, 1.54) is 19.3 Å². The van der Waals surface area contributed by atoms with E-state index in [0.29, 0.717) is 18.9 Å². The first-order valence-corrected chi connectivity index (χ1v) is 6.83. The molecule has 1 N–H and O–H groups in total. The molecule has 18 heavy (non-hydrogen) atoms. The lowest BCUT2D eigenvalue weighted by Gasteiger charge is -2.32. The third-order valence-corrected chi connectivity index (χ3v) is 4.16. The molecule has 100 valence electrons. The molecule has 2 atom stereocenters. The van der Waals surface area contributed by atoms with Crippen molar-refractivity contribution in [3.63, 3.8) is 0 Å². The van der Waals surface area contributed by atoms with Crippen LogP contribution in [0, 0.1) is 5.92 Å². The Morgan fingerprint density at radius 1 is 1.39 bits per heavy atom. The first-order valence-electron chi connectivity index (χ1n) is 6.83. The predicted molar refractivity (Wildman–Crippen MR) is 66.2 cm³/mol. The topological polar surface area (TPSA) is 59.9 Å². The van der Waals surface area contributed by atoms with E-state index in [9.17, 15) is 4.79 Å². The molecule has 0 aromatic heterocycles. The summed E-state index contributed by atoms with van der Waals surface area (Å²) in [6, 6.07) is 0. The summed E-state index contributed by atoms with van der Waals surface area (Å²) in [5.74, 6) is -0.296. The van der Waals surface area contributed by atoms with Crippen LogP contribution in [0.2, 0.25) is 0 Å². The van der Waals surface area contributed by atoms with Crippen LogP contribution in [0.1, 0.15) is 39.0 Å². The van der Waals surface area contributed by atoms with Gasteiger partial charge in [-0.15, -0.1) is 0 Å². The quantitative estimate of drug-likeness (QED) is 0.803. The predicted octanol–water partition coefficient (Wildman–Crippen LogP) is 1.23. The van der Waals surface area contributed by atoms with E-state index in [4.69, 9.17) is 9.47 Å². The van der Waals surface area contributed by atoms with E-state index in [2.05, 4.69) is 10.5 Å². The molecular weight excluding hydrogens is 232 g/mol. The minimum atomic E-state index is -0.368. The maximum Gasteiger partial charge on any atom is 0.176 e. The highest BCUT2D eigenvalue weighted by Crippen LogP contribution is 2.39. The highest BCUT2D eigenvalue weighted by molar-refractivity contribution is 6.40. The molecule has 1 saturated heterocycles. The maximum atomic E-state index is 11.5. The molecule has 3 rings (SSSR count). The monoisotopic (exact) mass is 252 g/mol. The Labute approximate surface area is 107 Å². The van der Waals surface area contributed by atoms with Gasteiger partial charge >= 0.3 is 0 Å². The number of ketones is 1. The van der Waals surface area contributed by atoms with Crippen molar-refractivity contribution < 1.29 is 14.3 Å². The van der Waals surface area contributed by atoms with Gasteiger partial charge in [0.05, 0.1) is 18.6 Å². The van der Waals surface area contributed by atoms with Gasteiger partial charge in [-0.3, -0.25) is 4.79 Å². The fraction of sp³-hybridized carbons (Fsp3) is 0.846. The molecule has 5 heteroatoms. The summed E-state index contributed by atoms with van der Waals surface area (Å²) in [7, 11) is 0. The average molecular weight is 252 g/mol. The van der Waals surface area contributed by atoms with Gasteiger partial charge in [0, 0.05) is 26.3 Å². The maximum absolute atomic E-state index is 11.5. The third-order valence-electron chi connectivity index (χ3n) is 4.16. The Balaban J connectivity index is 1.68. The van der Waals surface area contributed by atoms with Gasteiger partial charge in [0.15, 0.2) is 11.6 Å². The number of Topliss-reactive ketones (excluding diaryl/α,β-unsaturated/α-hetero) is 1. The Bertz CT molecular complexity index is 374. The van der Waals surface area contributed by atoms with Crippen molar-refractivity contribution in [3.05, 3.63) is 0 Å². The summed E-state index contributed by atoms with van der Waals surface area (Å²) in [4.78, 5) is 11.5. The van der Waals surface area contributed by atoms with Crippen molar-refractivity contribution in [1.29, 1.82) is 0 Å². The molecule has 2 fully saturated rings. The van der Waals surface area contributed by atoms with Crippen LogP contribution in [0.3, 0.4) is 0 Å². The van der Waals surface area contributed by atoms with Gasteiger partial charge in [0.1, 0.15) is 5.71 Å². The average Bonchev–Trinajstić information content (AvgIpc) is 2.97. The highest BCUT2D eigenvalue weighted by Gasteiger charge is 2.47. The van der Waals surface area contributed by atoms with Crippen molar-refractivity contribution in [2.75, 3.05) is 13.2 Å². The van der Waals surface area contributed by atoms with Crippen molar-refractivity contribution in [2.24, 2.45) is 11.0 Å². The number of rotatable bonds is 2. The molecule has 1 saturated carbocycles. The minimum Gasteiger partial charge on any atom is -0.347 e. The van der Waals surface area contributed by atoms with E-state index in [0.717, 1.165) is 12.8 Å². The lowest BCUT2D eigenvalue weighted by atomic mass is 9.93. The van der Waals surface area contributed by atoms with Gasteiger partial charge in [0.2, 0.25) is 0 Å². The zero-order valence-electron chi connectivity index (χ0n) is 10.8. The van der Waals surface area contributed by atoms with E-state index in [-0.39, 0.29) is 23.6 Å². The van der Waals surface area contributed by atoms with Crippen LogP contribution >= 0.6 is 0 Å². The van der Waals surface area contributed by atoms with Crippen molar-refractivity contribution in [3.8, 4) is 0 Å². The summed E-state index contributed by atoms with van der Waals surface area (Å²) < 4.78 is 12.1. The molecule has 0 radical (unpaired) electrons. The second kappa shape index (κ2) is 4.63. The molecule has 0 amide bonds. The van der Waals surface area contributed by atoms with Crippen molar-refractivity contribution >= 4 is 11.5 Å². The summed E-state index contributed by atoms with van der Waals surface area (Å²) in [5.41, 5.74) is 3.51. The van der Waals surface area contributed by atoms with Gasteiger partial charge in [-0.05, 0) is 12.8 Å². The van der Waals surface area contributed by atoms with Gasteiger partial charge in [0.25, 0.3) is 0 Å². The molecule has 0 aromatic carbocycles. The summed E-state index contributed by atoms with van der Waals surface area (Å²) in [5, 5.41) is 4.08. The molecule has 0 bridgehead atoms. The highest BCUT2D eigenvalue weighted by atomic mass is 16.7. The second-order valence-electron chi connectivity index (χ2n) is 5.46. The fourth-order valence-electron chi connectivity index (χ4n) is 3.18. The molecule has 1 spiro atoms. The minimum absolute atomic E-state index is 0.0261. The molecule has 1 aliphatic carbocycles. The zero-order chi connectivity index (χ0) is 12.6. The largest absolute Gasteiger partial charge is 0.347 e. The number of hydrogen-bond acceptors (Lipinski definition) is 5. The third kappa shape index (κ3) is 2.06. The molecule has 2 heterocycles. The van der Waals surface area contributed by atoms with E-state index < -0.39 is 0 Å². The van der Waals surface area contributed by atoms with Crippen LogP contribution in [-0.2, 0) is 14.3 Å². The van der Waals surface area contributed by atoms with Crippen molar-refractivity contribution in [2.45, 2.75) is 50.9 Å². The number of nitrogens with one attached hydrogen (secondary N) is 1. The fourth-order valence-corrected chi connectivity index (χ4v) is 3.18. The van der Waals surface area contributed by atoms with Crippen LogP contribution in [0.15, 0.2) is 5.10 Å². The van der Waals surface area contributed by atoms with Gasteiger partial charge in [-0.2, -0.15) is 5.10 Å². The molecule has 2 aliphatic heterocycles. The zero-order valence-corrected chi connectivity index (χ0v) is 10.8. The first-order chi connectivity index (χ1) is 8.70. The van der Waals surface area contributed by atoms with E-state index in [1.807, 2.05) is 0 Å². The van der Waals surface area contributed by atoms with E-state index in [1.54, 1.807) is 6.92 Å². The Hall–Kier alpha value is -0.940. The SMILES string of the molecule is CC(=O)C1=NNC[C@H]1[C@H]1COC2(CCCCC2)O1. The van der Waals surface area contributed by atoms with Gasteiger partial charge < -0.3 is 14.9 Å². The number of hydrogen-bond donors (Lipinski definition) is 1. The standard InChI is InChI=1S/C13H20N2O3/c1-9(16)12-10(7-14-15-12)11-8-17-13(18-11)5-3-2-4-6-13/h10-11,14H,2-8H2,1H3/t10-,11+/m0/s1. The van der Waals surface area contributed by atoms with Crippen LogP contribution in [0.25, 0.3) is 0 Å². The molecule has 0 unspecified atom stereocenters. The Kier molecular flexibility index (Phi) is 3.11. The first kappa shape index (κ1) is 12.1. The lowest BCUT2D eigenvalue weighted by Crippen LogP contribution is -2.38. The van der Waals surface area contributed by atoms with E-state index >= 15 is 0 Å². The smallest absolute Gasteiger partial charge is 0.176 e. The number of carbonyl (C=O) groups excluding carboxylic acids is 1. The lowest BCUT2D eigenvalue weighted by molar-refractivity contribution is -0.189. The van der Waals surface area contributed by atoms with Gasteiger partial charge in [-0.1, -0.05) is 6.42 Å². The summed E-state index contributed by atoms with van der Waals surface area (Å²) in [6.07, 6.45) is 5.55. The molecule has 3 aliphatic rings. The number of hydrazone groups is 1. The summed E-state index contributed by atoms with van der Waals surface area (Å²) in [6.45, 7) is 2.82. The number of ether oxygens (including phenoxy) is 2. The second-order valence-corrected chi connectivity index (χ2v) is 5.46. The Morgan fingerprint density at radius 3 is 2.89 bits per heavy atom. The number of carbonyl (C=O) groups is 1. The van der Waals surface area contributed by atoms with Crippen LogP contribution in [0.4, 0.5) is 0 Å². The van der Waals surface area contributed by atoms with Crippen LogP contribution in [0.5, 0.6) is 0 Å². The molecular formula is C13H20N2O3. The Morgan fingerprint density at radius 2 is 2.17 bits per heavy atom. The van der Waals surface area contributed by atoms with Crippen molar-refractivity contribution in [1.82, 2.24) is 5.43 Å². The van der Waals surface area contributed by atoms with Gasteiger partial charge in [-0.25, -0.2) is 0 Å². The molecule has 5 nitrogen and oxygen atoms in total. The molecule has 0 aromatic rings. The normalized spacial score (nSPS) is 34.4. The van der Waals surface area contributed by atoms with Crippen LogP contribution in [-0.4, -0.2) is 36.5 Å². The summed E-state index contributed by atoms with van der Waals surface area (Å²) >= 11 is 0. The van der Waals surface area contributed by atoms with Crippen LogP contribution < -0.4 is 5.43 Å².